The summed E-state index contributed by atoms with van der Waals surface area (Å²) in [5, 5.41) is 3.31. The van der Waals surface area contributed by atoms with Crippen LogP contribution in [0, 0.1) is 12.8 Å². The highest BCUT2D eigenvalue weighted by Crippen LogP contribution is 2.16. The number of nitrogens with one attached hydrogen (secondary N) is 1. The van der Waals surface area contributed by atoms with Crippen LogP contribution in [0.3, 0.4) is 0 Å². The van der Waals surface area contributed by atoms with E-state index >= 15 is 0 Å². The SMILES string of the molecule is COC(=O)C(CC(C)C)NC(=O)c1ccc(Cl)c(C)c1. The minimum absolute atomic E-state index is 0.270. The molecule has 1 unspecified atom stereocenters. The molecule has 0 spiro atoms. The Morgan fingerprint density at radius 2 is 2.00 bits per heavy atom. The fourth-order valence-corrected chi connectivity index (χ4v) is 1.97. The molecule has 0 aliphatic carbocycles. The van der Waals surface area contributed by atoms with Crippen LogP contribution in [0.1, 0.15) is 36.2 Å². The Balaban J connectivity index is 2.84. The average Bonchev–Trinajstić information content (AvgIpc) is 2.39. The largest absolute Gasteiger partial charge is 0.467 e. The van der Waals surface area contributed by atoms with Crippen LogP contribution in [0.4, 0.5) is 0 Å². The first-order valence-corrected chi connectivity index (χ1v) is 6.87. The number of esters is 1. The van der Waals surface area contributed by atoms with Crippen molar-refractivity contribution in [1.82, 2.24) is 5.32 Å². The zero-order chi connectivity index (χ0) is 15.3. The Bertz CT molecular complexity index is 500. The maximum Gasteiger partial charge on any atom is 0.328 e. The van der Waals surface area contributed by atoms with Gasteiger partial charge in [-0.05, 0) is 43.0 Å². The predicted octanol–water partition coefficient (Wildman–Crippen LogP) is 2.97. The van der Waals surface area contributed by atoms with Gasteiger partial charge in [-0.2, -0.15) is 0 Å². The Labute approximate surface area is 124 Å². The van der Waals surface area contributed by atoms with Crippen LogP contribution in [0.25, 0.3) is 0 Å². The summed E-state index contributed by atoms with van der Waals surface area (Å²) in [5.74, 6) is -0.468. The summed E-state index contributed by atoms with van der Waals surface area (Å²) < 4.78 is 4.72. The number of ether oxygens (including phenoxy) is 1. The van der Waals surface area contributed by atoms with Crippen molar-refractivity contribution in [2.75, 3.05) is 7.11 Å². The van der Waals surface area contributed by atoms with Crippen LogP contribution < -0.4 is 5.32 Å². The highest BCUT2D eigenvalue weighted by molar-refractivity contribution is 6.31. The first-order valence-electron chi connectivity index (χ1n) is 6.50. The lowest BCUT2D eigenvalue weighted by molar-refractivity contribution is -0.143. The summed E-state index contributed by atoms with van der Waals surface area (Å²) in [6.45, 7) is 5.79. The second-order valence-corrected chi connectivity index (χ2v) is 5.55. The van der Waals surface area contributed by atoms with Crippen molar-refractivity contribution in [2.45, 2.75) is 33.2 Å². The molecule has 1 rings (SSSR count). The number of halogens is 1. The van der Waals surface area contributed by atoms with E-state index in [-0.39, 0.29) is 11.8 Å². The lowest BCUT2D eigenvalue weighted by Gasteiger charge is -2.18. The van der Waals surface area contributed by atoms with E-state index < -0.39 is 12.0 Å². The molecular formula is C15H20ClNO3. The lowest BCUT2D eigenvalue weighted by atomic mass is 10.0. The molecule has 20 heavy (non-hydrogen) atoms. The summed E-state index contributed by atoms with van der Waals surface area (Å²) in [6, 6.07) is 4.36. The predicted molar refractivity (Wildman–Crippen MR) is 78.9 cm³/mol. The number of methoxy groups -OCH3 is 1. The van der Waals surface area contributed by atoms with Gasteiger partial charge < -0.3 is 10.1 Å². The summed E-state index contributed by atoms with van der Waals surface area (Å²) in [5.41, 5.74) is 1.29. The second kappa shape index (κ2) is 7.29. The molecule has 0 saturated carbocycles. The van der Waals surface area contributed by atoms with E-state index in [4.69, 9.17) is 16.3 Å². The molecule has 4 nitrogen and oxygen atoms in total. The smallest absolute Gasteiger partial charge is 0.328 e. The van der Waals surface area contributed by atoms with Crippen molar-refractivity contribution in [3.05, 3.63) is 34.3 Å². The van der Waals surface area contributed by atoms with Gasteiger partial charge in [-0.1, -0.05) is 25.4 Å². The van der Waals surface area contributed by atoms with Crippen LogP contribution in [0.2, 0.25) is 5.02 Å². The molecule has 1 amide bonds. The molecule has 0 aliphatic heterocycles. The zero-order valence-corrected chi connectivity index (χ0v) is 13.0. The molecule has 1 aromatic carbocycles. The second-order valence-electron chi connectivity index (χ2n) is 5.14. The maximum atomic E-state index is 12.2. The van der Waals surface area contributed by atoms with E-state index in [1.54, 1.807) is 18.2 Å². The third-order valence-electron chi connectivity index (χ3n) is 2.92. The van der Waals surface area contributed by atoms with Gasteiger partial charge >= 0.3 is 5.97 Å². The number of hydrogen-bond donors (Lipinski definition) is 1. The first kappa shape index (κ1) is 16.5. The van der Waals surface area contributed by atoms with E-state index in [0.717, 1.165) is 5.56 Å². The first-order chi connectivity index (χ1) is 9.35. The minimum atomic E-state index is -0.636. The van der Waals surface area contributed by atoms with Crippen molar-refractivity contribution in [1.29, 1.82) is 0 Å². The normalized spacial score (nSPS) is 12.1. The molecule has 5 heteroatoms. The molecule has 110 valence electrons. The fraction of sp³-hybridized carbons (Fsp3) is 0.467. The van der Waals surface area contributed by atoms with Crippen LogP contribution >= 0.6 is 11.6 Å². The van der Waals surface area contributed by atoms with Gasteiger partial charge in [0, 0.05) is 10.6 Å². The summed E-state index contributed by atoms with van der Waals surface area (Å²) >= 11 is 5.93. The number of carbonyl (C=O) groups excluding carboxylic acids is 2. The molecule has 0 heterocycles. The molecule has 1 N–H and O–H groups in total. The van der Waals surface area contributed by atoms with E-state index in [9.17, 15) is 9.59 Å². The zero-order valence-electron chi connectivity index (χ0n) is 12.2. The van der Waals surface area contributed by atoms with E-state index in [2.05, 4.69) is 5.32 Å². The standard InChI is InChI=1S/C15H20ClNO3/c1-9(2)7-13(15(19)20-4)17-14(18)11-5-6-12(16)10(3)8-11/h5-6,8-9,13H,7H2,1-4H3,(H,17,18). The van der Waals surface area contributed by atoms with Crippen LogP contribution in [0.5, 0.6) is 0 Å². The number of aryl methyl sites for hydroxylation is 1. The van der Waals surface area contributed by atoms with Gasteiger partial charge in [0.25, 0.3) is 5.91 Å². The van der Waals surface area contributed by atoms with Crippen LogP contribution in [0.15, 0.2) is 18.2 Å². The number of benzene rings is 1. The number of amides is 1. The van der Waals surface area contributed by atoms with Gasteiger partial charge in [-0.25, -0.2) is 4.79 Å². The minimum Gasteiger partial charge on any atom is -0.467 e. The third kappa shape index (κ3) is 4.53. The van der Waals surface area contributed by atoms with Crippen molar-refractivity contribution < 1.29 is 14.3 Å². The van der Waals surface area contributed by atoms with E-state index in [0.29, 0.717) is 17.0 Å². The van der Waals surface area contributed by atoms with E-state index in [1.807, 2.05) is 20.8 Å². The van der Waals surface area contributed by atoms with Gasteiger partial charge in [0.2, 0.25) is 0 Å². The van der Waals surface area contributed by atoms with Gasteiger partial charge in [0.1, 0.15) is 6.04 Å². The van der Waals surface area contributed by atoms with Crippen LogP contribution in [-0.4, -0.2) is 25.0 Å². The molecular weight excluding hydrogens is 278 g/mol. The molecule has 0 radical (unpaired) electrons. The summed E-state index contributed by atoms with van der Waals surface area (Å²) in [4.78, 5) is 23.8. The molecule has 1 atom stereocenters. The van der Waals surface area contributed by atoms with Gasteiger partial charge in [-0.3, -0.25) is 4.79 Å². The summed E-state index contributed by atoms with van der Waals surface area (Å²) in [7, 11) is 1.31. The van der Waals surface area contributed by atoms with E-state index in [1.165, 1.54) is 7.11 Å². The van der Waals surface area contributed by atoms with Gasteiger partial charge in [-0.15, -0.1) is 0 Å². The molecule has 1 aromatic rings. The number of rotatable bonds is 5. The van der Waals surface area contributed by atoms with Crippen molar-refractivity contribution in [3.8, 4) is 0 Å². The highest BCUT2D eigenvalue weighted by atomic mass is 35.5. The van der Waals surface area contributed by atoms with Crippen molar-refractivity contribution in [3.63, 3.8) is 0 Å². The molecule has 0 fully saturated rings. The van der Waals surface area contributed by atoms with Crippen LogP contribution in [-0.2, 0) is 9.53 Å². The number of hydrogen-bond acceptors (Lipinski definition) is 3. The fourth-order valence-electron chi connectivity index (χ4n) is 1.86. The average molecular weight is 298 g/mol. The van der Waals surface area contributed by atoms with Crippen molar-refractivity contribution >= 4 is 23.5 Å². The van der Waals surface area contributed by atoms with Crippen molar-refractivity contribution in [2.24, 2.45) is 5.92 Å². The Hall–Kier alpha value is -1.55. The number of carbonyl (C=O) groups is 2. The Morgan fingerprint density at radius 1 is 1.35 bits per heavy atom. The molecule has 0 aliphatic rings. The quantitative estimate of drug-likeness (QED) is 0.850. The molecule has 0 bridgehead atoms. The molecule has 0 aromatic heterocycles. The highest BCUT2D eigenvalue weighted by Gasteiger charge is 2.23. The van der Waals surface area contributed by atoms with Gasteiger partial charge in [0.15, 0.2) is 0 Å². The third-order valence-corrected chi connectivity index (χ3v) is 3.34. The maximum absolute atomic E-state index is 12.2. The topological polar surface area (TPSA) is 55.4 Å². The Kier molecular flexibility index (Phi) is 6.02. The Morgan fingerprint density at radius 3 is 2.50 bits per heavy atom. The lowest BCUT2D eigenvalue weighted by Crippen LogP contribution is -2.42. The molecule has 0 saturated heterocycles. The summed E-state index contributed by atoms with van der Waals surface area (Å²) in [6.07, 6.45) is 0.533. The monoisotopic (exact) mass is 297 g/mol. The van der Waals surface area contributed by atoms with Gasteiger partial charge in [0.05, 0.1) is 7.11 Å².